The summed E-state index contributed by atoms with van der Waals surface area (Å²) < 4.78 is 23.6. The van der Waals surface area contributed by atoms with Gasteiger partial charge >= 0.3 is 17.9 Å². The van der Waals surface area contributed by atoms with E-state index in [1.807, 2.05) is 18.2 Å². The van der Waals surface area contributed by atoms with Crippen LogP contribution in [0.4, 0.5) is 0 Å². The Morgan fingerprint density at radius 3 is 2.29 bits per heavy atom. The Morgan fingerprint density at radius 1 is 1.00 bits per heavy atom. The van der Waals surface area contributed by atoms with Crippen molar-refractivity contribution in [1.82, 2.24) is 4.57 Å². The fourth-order valence-corrected chi connectivity index (χ4v) is 3.63. The summed E-state index contributed by atoms with van der Waals surface area (Å²) in [6, 6.07) is 7.27. The number of hydrogen-bond donors (Lipinski definition) is 0. The van der Waals surface area contributed by atoms with Crippen LogP contribution >= 0.6 is 11.6 Å². The normalized spacial score (nSPS) is 24.6. The van der Waals surface area contributed by atoms with Crippen molar-refractivity contribution in [2.24, 2.45) is 0 Å². The Labute approximate surface area is 166 Å². The van der Waals surface area contributed by atoms with Gasteiger partial charge in [-0.25, -0.2) is 0 Å². The van der Waals surface area contributed by atoms with Gasteiger partial charge < -0.3 is 23.5 Å². The Hall–Kier alpha value is -2.58. The number of ether oxygens (including phenoxy) is 4. The third kappa shape index (κ3) is 4.13. The summed E-state index contributed by atoms with van der Waals surface area (Å²) in [5.74, 6) is -1.77. The minimum atomic E-state index is -1.05. The van der Waals surface area contributed by atoms with Crippen LogP contribution in [0.5, 0.6) is 0 Å². The third-order valence-electron chi connectivity index (χ3n) is 4.29. The first-order chi connectivity index (χ1) is 13.3. The molecule has 28 heavy (non-hydrogen) atoms. The van der Waals surface area contributed by atoms with Gasteiger partial charge in [0.25, 0.3) is 0 Å². The van der Waals surface area contributed by atoms with Crippen LogP contribution in [0.25, 0.3) is 10.9 Å². The van der Waals surface area contributed by atoms with Crippen LogP contribution in [-0.4, -0.2) is 47.4 Å². The number of carbonyl (C=O) groups is 3. The van der Waals surface area contributed by atoms with Crippen molar-refractivity contribution in [3.05, 3.63) is 35.5 Å². The monoisotopic (exact) mass is 409 g/mol. The van der Waals surface area contributed by atoms with Crippen molar-refractivity contribution in [2.45, 2.75) is 45.3 Å². The molecule has 1 aromatic heterocycles. The van der Waals surface area contributed by atoms with E-state index >= 15 is 0 Å². The van der Waals surface area contributed by atoms with Gasteiger partial charge in [-0.05, 0) is 12.1 Å². The summed E-state index contributed by atoms with van der Waals surface area (Å²) in [5, 5.41) is 1.35. The first-order valence-electron chi connectivity index (χ1n) is 8.66. The predicted molar refractivity (Wildman–Crippen MR) is 98.6 cm³/mol. The highest BCUT2D eigenvalue weighted by Gasteiger charge is 2.47. The van der Waals surface area contributed by atoms with Crippen molar-refractivity contribution in [1.29, 1.82) is 0 Å². The van der Waals surface area contributed by atoms with Gasteiger partial charge in [0, 0.05) is 32.4 Å². The van der Waals surface area contributed by atoms with E-state index in [4.69, 9.17) is 30.5 Å². The van der Waals surface area contributed by atoms with Gasteiger partial charge in [-0.3, -0.25) is 14.4 Å². The van der Waals surface area contributed by atoms with Gasteiger partial charge in [0.05, 0.1) is 17.1 Å². The van der Waals surface area contributed by atoms with Crippen molar-refractivity contribution in [2.75, 3.05) is 6.61 Å². The topological polar surface area (TPSA) is 93.1 Å². The highest BCUT2D eigenvalue weighted by Crippen LogP contribution is 2.35. The Kier molecular flexibility index (Phi) is 5.90. The summed E-state index contributed by atoms with van der Waals surface area (Å²) in [7, 11) is 0. The first kappa shape index (κ1) is 20.2. The van der Waals surface area contributed by atoms with Gasteiger partial charge in [0.15, 0.2) is 24.5 Å². The zero-order valence-corrected chi connectivity index (χ0v) is 16.3. The predicted octanol–water partition coefficient (Wildman–Crippen LogP) is 2.62. The molecule has 1 aliphatic heterocycles. The molecular formula is C19H20ClNO7. The fourth-order valence-electron chi connectivity index (χ4n) is 3.35. The maximum Gasteiger partial charge on any atom is 0.303 e. The Balaban J connectivity index is 2.05. The standard InChI is InChI=1S/C19H20ClNO7/c1-10(22)26-15-9-25-19(18(28-12(3)24)17(15)27-11(2)23)21-8-7-13-5-4-6-14(20)16(13)21/h4-8,15,17-19H,9H2,1-3H3/t15-,17+,18-,19-/m1/s1. The van der Waals surface area contributed by atoms with Gasteiger partial charge in [-0.1, -0.05) is 23.7 Å². The molecule has 3 rings (SSSR count). The molecule has 0 saturated carbocycles. The minimum absolute atomic E-state index is 0.0515. The Bertz CT molecular complexity index is 909. The molecular weight excluding hydrogens is 390 g/mol. The molecule has 9 heteroatoms. The molecule has 0 aliphatic carbocycles. The molecule has 1 fully saturated rings. The maximum atomic E-state index is 11.8. The number of rotatable bonds is 4. The number of carbonyl (C=O) groups excluding carboxylic acids is 3. The quantitative estimate of drug-likeness (QED) is 0.566. The summed E-state index contributed by atoms with van der Waals surface area (Å²) >= 11 is 6.36. The second-order valence-electron chi connectivity index (χ2n) is 6.42. The smallest absolute Gasteiger partial charge is 0.303 e. The van der Waals surface area contributed by atoms with Crippen molar-refractivity contribution >= 4 is 40.4 Å². The molecule has 2 aromatic rings. The van der Waals surface area contributed by atoms with Crippen LogP contribution in [0.15, 0.2) is 30.5 Å². The number of nitrogens with zero attached hydrogens (tertiary/aromatic N) is 1. The van der Waals surface area contributed by atoms with Crippen LogP contribution in [-0.2, 0) is 33.3 Å². The number of para-hydroxylation sites is 1. The molecule has 1 aliphatic rings. The molecule has 0 amide bonds. The first-order valence-corrected chi connectivity index (χ1v) is 9.04. The lowest BCUT2D eigenvalue weighted by molar-refractivity contribution is -0.239. The van der Waals surface area contributed by atoms with Crippen molar-refractivity contribution in [3.63, 3.8) is 0 Å². The van der Waals surface area contributed by atoms with Gasteiger partial charge in [-0.15, -0.1) is 0 Å². The molecule has 0 bridgehead atoms. The molecule has 4 atom stereocenters. The highest BCUT2D eigenvalue weighted by atomic mass is 35.5. The number of benzene rings is 1. The summed E-state index contributed by atoms with van der Waals surface area (Å²) in [6.07, 6.45) is -2.10. The lowest BCUT2D eigenvalue weighted by atomic mass is 10.0. The number of esters is 3. The van der Waals surface area contributed by atoms with Gasteiger partial charge in [0.2, 0.25) is 0 Å². The molecule has 1 aromatic carbocycles. The van der Waals surface area contributed by atoms with Crippen molar-refractivity contribution < 1.29 is 33.3 Å². The lowest BCUT2D eigenvalue weighted by Crippen LogP contribution is -2.55. The molecule has 0 radical (unpaired) electrons. The zero-order valence-electron chi connectivity index (χ0n) is 15.6. The van der Waals surface area contributed by atoms with Gasteiger partial charge in [-0.2, -0.15) is 0 Å². The third-order valence-corrected chi connectivity index (χ3v) is 4.59. The van der Waals surface area contributed by atoms with Crippen LogP contribution in [0.2, 0.25) is 5.02 Å². The van der Waals surface area contributed by atoms with Crippen LogP contribution < -0.4 is 0 Å². The van der Waals surface area contributed by atoms with E-state index in [1.165, 1.54) is 20.8 Å². The Morgan fingerprint density at radius 2 is 1.64 bits per heavy atom. The number of aromatic nitrogens is 1. The summed E-state index contributed by atoms with van der Waals surface area (Å²) in [6.45, 7) is 3.64. The molecule has 1 saturated heterocycles. The van der Waals surface area contributed by atoms with E-state index in [1.54, 1.807) is 16.8 Å². The molecule has 0 spiro atoms. The largest absolute Gasteiger partial charge is 0.456 e. The van der Waals surface area contributed by atoms with E-state index in [9.17, 15) is 14.4 Å². The minimum Gasteiger partial charge on any atom is -0.456 e. The van der Waals surface area contributed by atoms with E-state index in [0.29, 0.717) is 10.5 Å². The average molecular weight is 410 g/mol. The van der Waals surface area contributed by atoms with Crippen molar-refractivity contribution in [3.8, 4) is 0 Å². The van der Waals surface area contributed by atoms with E-state index in [2.05, 4.69) is 0 Å². The number of fused-ring (bicyclic) bond motifs is 1. The fraction of sp³-hybridized carbons (Fsp3) is 0.421. The zero-order chi connectivity index (χ0) is 20.4. The van der Waals surface area contributed by atoms with E-state index in [0.717, 1.165) is 5.39 Å². The SMILES string of the molecule is CC(=O)O[C@@H]1[C@@H](OC(C)=O)[C@H](OC(C)=O)CO[C@H]1n1ccc2cccc(Cl)c21. The maximum absolute atomic E-state index is 11.8. The number of halogens is 1. The molecule has 0 unspecified atom stereocenters. The van der Waals surface area contributed by atoms with Gasteiger partial charge in [0.1, 0.15) is 0 Å². The number of hydrogen-bond acceptors (Lipinski definition) is 7. The molecule has 150 valence electrons. The van der Waals surface area contributed by atoms with Crippen LogP contribution in [0.1, 0.15) is 27.0 Å². The second kappa shape index (κ2) is 8.20. The average Bonchev–Trinajstić information content (AvgIpc) is 3.02. The van der Waals surface area contributed by atoms with Crippen LogP contribution in [0, 0.1) is 0 Å². The summed E-state index contributed by atoms with van der Waals surface area (Å²) in [5.41, 5.74) is 0.679. The lowest BCUT2D eigenvalue weighted by Gasteiger charge is -2.41. The second-order valence-corrected chi connectivity index (χ2v) is 6.83. The molecule has 8 nitrogen and oxygen atoms in total. The molecule has 2 heterocycles. The van der Waals surface area contributed by atoms with E-state index < -0.39 is 42.4 Å². The molecule has 0 N–H and O–H groups in total. The van der Waals surface area contributed by atoms with Crippen LogP contribution in [0.3, 0.4) is 0 Å². The summed E-state index contributed by atoms with van der Waals surface area (Å²) in [4.78, 5) is 34.9. The highest BCUT2D eigenvalue weighted by molar-refractivity contribution is 6.35. The van der Waals surface area contributed by atoms with E-state index in [-0.39, 0.29) is 6.61 Å².